The van der Waals surface area contributed by atoms with E-state index in [1.165, 1.54) is 16.7 Å². The van der Waals surface area contributed by atoms with Gasteiger partial charge in [-0.15, -0.1) is 11.8 Å². The number of thioether (sulfide) groups is 1. The SMILES string of the molecule is C[C@@]1([C@H](O)C2=CSCC2)Cc2ccc(C#N)cc2[C@@H]1c1ccccc1. The fourth-order valence-electron chi connectivity index (χ4n) is 4.45. The number of benzene rings is 2. The van der Waals surface area contributed by atoms with Gasteiger partial charge in [0.2, 0.25) is 0 Å². The molecule has 0 saturated heterocycles. The average molecular weight is 347 g/mol. The standard InChI is InChI=1S/C22H21NOS/c1-22(21(24)18-9-10-25-14-18)12-17-8-7-15(13-23)11-19(17)20(22)16-5-3-2-4-6-16/h2-8,11,14,20-21,24H,9-10,12H2,1H3/t20-,21+,22+/m0/s1. The lowest BCUT2D eigenvalue weighted by Gasteiger charge is -2.38. The van der Waals surface area contributed by atoms with E-state index in [0.717, 1.165) is 24.2 Å². The molecule has 25 heavy (non-hydrogen) atoms. The zero-order chi connectivity index (χ0) is 17.4. The lowest BCUT2D eigenvalue weighted by Crippen LogP contribution is -2.38. The van der Waals surface area contributed by atoms with E-state index < -0.39 is 6.10 Å². The molecule has 4 rings (SSSR count). The summed E-state index contributed by atoms with van der Waals surface area (Å²) in [7, 11) is 0. The molecule has 0 fully saturated rings. The highest BCUT2D eigenvalue weighted by atomic mass is 32.2. The molecule has 2 nitrogen and oxygen atoms in total. The number of hydrogen-bond donors (Lipinski definition) is 1. The Morgan fingerprint density at radius 2 is 2.04 bits per heavy atom. The Kier molecular flexibility index (Phi) is 4.19. The van der Waals surface area contributed by atoms with E-state index in [-0.39, 0.29) is 11.3 Å². The van der Waals surface area contributed by atoms with Gasteiger partial charge in [-0.05, 0) is 52.6 Å². The van der Waals surface area contributed by atoms with Gasteiger partial charge in [0.05, 0.1) is 17.7 Å². The third-order valence-electron chi connectivity index (χ3n) is 5.67. The molecule has 3 heteroatoms. The first kappa shape index (κ1) is 16.4. The van der Waals surface area contributed by atoms with E-state index in [9.17, 15) is 10.4 Å². The second kappa shape index (κ2) is 6.37. The minimum Gasteiger partial charge on any atom is -0.388 e. The van der Waals surface area contributed by atoms with Gasteiger partial charge in [-0.3, -0.25) is 0 Å². The van der Waals surface area contributed by atoms with Crippen molar-refractivity contribution in [3.05, 3.63) is 81.8 Å². The topological polar surface area (TPSA) is 44.0 Å². The molecule has 126 valence electrons. The number of aliphatic hydroxyl groups excluding tert-OH is 1. The van der Waals surface area contributed by atoms with E-state index in [4.69, 9.17) is 0 Å². The van der Waals surface area contributed by atoms with Crippen LogP contribution in [0, 0.1) is 16.7 Å². The molecule has 2 aliphatic rings. The Hall–Kier alpha value is -2.02. The Morgan fingerprint density at radius 3 is 2.72 bits per heavy atom. The highest BCUT2D eigenvalue weighted by molar-refractivity contribution is 8.02. The second-order valence-corrected chi connectivity index (χ2v) is 8.25. The maximum absolute atomic E-state index is 11.3. The molecule has 0 unspecified atom stereocenters. The predicted octanol–water partition coefficient (Wildman–Crippen LogP) is 4.63. The van der Waals surface area contributed by atoms with Crippen LogP contribution in [0.25, 0.3) is 0 Å². The highest BCUT2D eigenvalue weighted by Crippen LogP contribution is 2.54. The van der Waals surface area contributed by atoms with Crippen molar-refractivity contribution in [2.45, 2.75) is 31.8 Å². The fraction of sp³-hybridized carbons (Fsp3) is 0.318. The first-order chi connectivity index (χ1) is 12.1. The number of nitrogens with zero attached hydrogens (tertiary/aromatic N) is 1. The molecular formula is C22H21NOS. The first-order valence-electron chi connectivity index (χ1n) is 8.70. The van der Waals surface area contributed by atoms with Crippen molar-refractivity contribution in [3.8, 4) is 6.07 Å². The van der Waals surface area contributed by atoms with Crippen LogP contribution in [0.15, 0.2) is 59.5 Å². The van der Waals surface area contributed by atoms with Gasteiger partial charge in [-0.2, -0.15) is 5.26 Å². The predicted molar refractivity (Wildman–Crippen MR) is 102 cm³/mol. The molecule has 0 bridgehead atoms. The van der Waals surface area contributed by atoms with Gasteiger partial charge in [0.15, 0.2) is 0 Å². The third-order valence-corrected chi connectivity index (χ3v) is 6.58. The zero-order valence-corrected chi connectivity index (χ0v) is 15.1. The summed E-state index contributed by atoms with van der Waals surface area (Å²) in [6.45, 7) is 2.20. The molecule has 1 aliphatic heterocycles. The minimum atomic E-state index is -0.467. The van der Waals surface area contributed by atoms with E-state index in [2.05, 4.69) is 48.7 Å². The van der Waals surface area contributed by atoms with Crippen LogP contribution in [0.1, 0.15) is 41.5 Å². The molecule has 0 radical (unpaired) electrons. The van der Waals surface area contributed by atoms with Crippen molar-refractivity contribution < 1.29 is 5.11 Å². The Labute approximate surface area is 153 Å². The van der Waals surface area contributed by atoms with E-state index in [0.29, 0.717) is 5.56 Å². The summed E-state index contributed by atoms with van der Waals surface area (Å²) in [5.41, 5.74) is 5.20. The number of aliphatic hydroxyl groups is 1. The molecule has 2 aromatic rings. The summed E-state index contributed by atoms with van der Waals surface area (Å²) in [6.07, 6.45) is 1.32. The van der Waals surface area contributed by atoms with Crippen molar-refractivity contribution in [2.24, 2.45) is 5.41 Å². The van der Waals surface area contributed by atoms with Gasteiger partial charge in [0.1, 0.15) is 0 Å². The lowest BCUT2D eigenvalue weighted by molar-refractivity contribution is 0.0605. The van der Waals surface area contributed by atoms with E-state index in [1.54, 1.807) is 11.8 Å². The third kappa shape index (κ3) is 2.70. The quantitative estimate of drug-likeness (QED) is 0.880. The van der Waals surface area contributed by atoms with Gasteiger partial charge in [-0.25, -0.2) is 0 Å². The lowest BCUT2D eigenvalue weighted by atomic mass is 9.68. The number of fused-ring (bicyclic) bond motifs is 1. The molecule has 2 aromatic carbocycles. The van der Waals surface area contributed by atoms with E-state index in [1.807, 2.05) is 18.2 Å². The highest BCUT2D eigenvalue weighted by Gasteiger charge is 2.49. The summed E-state index contributed by atoms with van der Waals surface area (Å²) in [6, 6.07) is 18.7. The van der Waals surface area contributed by atoms with Crippen LogP contribution >= 0.6 is 11.8 Å². The van der Waals surface area contributed by atoms with Crippen molar-refractivity contribution in [3.63, 3.8) is 0 Å². The van der Waals surface area contributed by atoms with Gasteiger partial charge in [0, 0.05) is 17.1 Å². The van der Waals surface area contributed by atoms with Crippen molar-refractivity contribution in [1.29, 1.82) is 5.26 Å². The molecule has 0 aromatic heterocycles. The van der Waals surface area contributed by atoms with Gasteiger partial charge in [0.25, 0.3) is 0 Å². The molecule has 0 spiro atoms. The van der Waals surface area contributed by atoms with Crippen molar-refractivity contribution in [2.75, 3.05) is 5.75 Å². The fourth-order valence-corrected chi connectivity index (χ4v) is 5.38. The van der Waals surface area contributed by atoms with Gasteiger partial charge >= 0.3 is 0 Å². The number of nitriles is 1. The summed E-state index contributed by atoms with van der Waals surface area (Å²) in [4.78, 5) is 0. The largest absolute Gasteiger partial charge is 0.388 e. The summed E-state index contributed by atoms with van der Waals surface area (Å²) in [5.74, 6) is 1.16. The Bertz CT molecular complexity index is 867. The van der Waals surface area contributed by atoms with E-state index >= 15 is 0 Å². The first-order valence-corrected chi connectivity index (χ1v) is 9.75. The summed E-state index contributed by atoms with van der Waals surface area (Å²) in [5, 5.41) is 22.8. The molecule has 0 amide bonds. The molecule has 1 heterocycles. The number of hydrogen-bond acceptors (Lipinski definition) is 3. The molecule has 1 aliphatic carbocycles. The number of rotatable bonds is 3. The maximum atomic E-state index is 11.3. The smallest absolute Gasteiger partial charge is 0.0991 e. The molecule has 1 N–H and O–H groups in total. The Balaban J connectivity index is 1.85. The summed E-state index contributed by atoms with van der Waals surface area (Å²) >= 11 is 1.79. The summed E-state index contributed by atoms with van der Waals surface area (Å²) < 4.78 is 0. The monoisotopic (exact) mass is 347 g/mol. The van der Waals surface area contributed by atoms with Crippen molar-refractivity contribution >= 4 is 11.8 Å². The van der Waals surface area contributed by atoms with Crippen molar-refractivity contribution in [1.82, 2.24) is 0 Å². The molecular weight excluding hydrogens is 326 g/mol. The normalized spacial score (nSPS) is 26.0. The van der Waals surface area contributed by atoms with Gasteiger partial charge in [-0.1, -0.05) is 43.3 Å². The van der Waals surface area contributed by atoms with Crippen LogP contribution in [0.3, 0.4) is 0 Å². The minimum absolute atomic E-state index is 0.0958. The van der Waals surface area contributed by atoms with Crippen LogP contribution in [-0.2, 0) is 6.42 Å². The molecule has 3 atom stereocenters. The zero-order valence-electron chi connectivity index (χ0n) is 14.3. The van der Waals surface area contributed by atoms with Crippen LogP contribution in [0.5, 0.6) is 0 Å². The maximum Gasteiger partial charge on any atom is 0.0991 e. The average Bonchev–Trinajstić information content (AvgIpc) is 3.27. The van der Waals surface area contributed by atoms with Crippen LogP contribution in [-0.4, -0.2) is 17.0 Å². The Morgan fingerprint density at radius 1 is 1.24 bits per heavy atom. The molecule has 0 saturated carbocycles. The van der Waals surface area contributed by atoms with Crippen LogP contribution in [0.2, 0.25) is 0 Å². The second-order valence-electron chi connectivity index (χ2n) is 7.27. The van der Waals surface area contributed by atoms with Gasteiger partial charge < -0.3 is 5.11 Å². The van der Waals surface area contributed by atoms with Crippen LogP contribution in [0.4, 0.5) is 0 Å². The van der Waals surface area contributed by atoms with Crippen LogP contribution < -0.4 is 0 Å².